The Balaban J connectivity index is 1.30. The average molecular weight is 690 g/mol. The van der Waals surface area contributed by atoms with Crippen molar-refractivity contribution in [2.45, 2.75) is 31.1 Å². The molecule has 8 aromatic rings. The normalized spacial score (nSPS) is 14.1. The highest BCUT2D eigenvalue weighted by atomic mass is 15.1. The van der Waals surface area contributed by atoms with Crippen LogP contribution in [-0.4, -0.2) is 0 Å². The molecule has 0 heterocycles. The number of hydrogen-bond donors (Lipinski definition) is 0. The van der Waals surface area contributed by atoms with Crippen LogP contribution in [0.25, 0.3) is 44.5 Å². The van der Waals surface area contributed by atoms with Gasteiger partial charge in [0.25, 0.3) is 0 Å². The van der Waals surface area contributed by atoms with Crippen molar-refractivity contribution in [1.29, 1.82) is 0 Å². The van der Waals surface area contributed by atoms with Gasteiger partial charge in [-0.25, -0.2) is 0 Å². The lowest BCUT2D eigenvalue weighted by Gasteiger charge is -2.33. The molecule has 3 aliphatic rings. The molecule has 0 saturated heterocycles. The lowest BCUT2D eigenvalue weighted by Crippen LogP contribution is -2.26. The van der Waals surface area contributed by atoms with E-state index in [2.05, 4.69) is 193 Å². The van der Waals surface area contributed by atoms with Crippen molar-refractivity contribution in [1.82, 2.24) is 0 Å². The lowest BCUT2D eigenvalue weighted by molar-refractivity contribution is 0.686. The van der Waals surface area contributed by atoms with Gasteiger partial charge in [0.1, 0.15) is 0 Å². The van der Waals surface area contributed by atoms with Gasteiger partial charge in [0.05, 0.1) is 11.1 Å². The number of fused-ring (bicyclic) bond motifs is 11. The van der Waals surface area contributed by atoms with Crippen LogP contribution in [0, 0.1) is 0 Å². The van der Waals surface area contributed by atoms with Crippen molar-refractivity contribution >= 4 is 17.1 Å². The topological polar surface area (TPSA) is 3.24 Å². The number of anilines is 3. The summed E-state index contributed by atoms with van der Waals surface area (Å²) < 4.78 is 0. The molecule has 256 valence electrons. The Morgan fingerprint density at radius 3 is 1.31 bits per heavy atom. The maximum absolute atomic E-state index is 2.57. The highest BCUT2D eigenvalue weighted by Crippen LogP contribution is 2.64. The van der Waals surface area contributed by atoms with Gasteiger partial charge < -0.3 is 4.90 Å². The van der Waals surface area contributed by atoms with Gasteiger partial charge in [-0.2, -0.15) is 0 Å². The molecule has 0 saturated carbocycles. The van der Waals surface area contributed by atoms with Crippen molar-refractivity contribution < 1.29 is 0 Å². The van der Waals surface area contributed by atoms with Gasteiger partial charge in [-0.15, -0.1) is 0 Å². The molecule has 0 aromatic heterocycles. The highest BCUT2D eigenvalue weighted by Gasteiger charge is 2.52. The fourth-order valence-electron chi connectivity index (χ4n) is 9.97. The fourth-order valence-corrected chi connectivity index (χ4v) is 9.97. The summed E-state index contributed by atoms with van der Waals surface area (Å²) in [6.45, 7) is 0. The van der Waals surface area contributed by atoms with Crippen molar-refractivity contribution in [2.24, 2.45) is 0 Å². The van der Waals surface area contributed by atoms with Crippen molar-refractivity contribution in [3.8, 4) is 44.5 Å². The molecule has 3 aliphatic carbocycles. The number of benzene rings is 8. The maximum Gasteiger partial charge on any atom is 0.0726 e. The van der Waals surface area contributed by atoms with Crippen LogP contribution in [0.1, 0.15) is 46.2 Å². The van der Waals surface area contributed by atoms with E-state index in [9.17, 15) is 0 Å². The largest absolute Gasteiger partial charge is 0.310 e. The predicted octanol–water partition coefficient (Wildman–Crippen LogP) is 13.7. The van der Waals surface area contributed by atoms with E-state index in [1.165, 1.54) is 96.4 Å². The van der Waals surface area contributed by atoms with E-state index in [1.54, 1.807) is 0 Å². The fraction of sp³-hybridized carbons (Fsp3) is 0.0943. The smallest absolute Gasteiger partial charge is 0.0726 e. The van der Waals surface area contributed by atoms with Crippen LogP contribution in [0.5, 0.6) is 0 Å². The average Bonchev–Trinajstić information content (AvgIpc) is 3.71. The van der Waals surface area contributed by atoms with Crippen LogP contribution in [0.3, 0.4) is 0 Å². The van der Waals surface area contributed by atoms with E-state index < -0.39 is 5.41 Å². The molecule has 0 fully saturated rings. The van der Waals surface area contributed by atoms with Crippen LogP contribution < -0.4 is 4.90 Å². The maximum atomic E-state index is 2.57. The summed E-state index contributed by atoms with van der Waals surface area (Å²) in [6.07, 6.45) is 4.75. The molecular formula is C53H39N. The van der Waals surface area contributed by atoms with Gasteiger partial charge in [-0.3, -0.25) is 0 Å². The highest BCUT2D eigenvalue weighted by molar-refractivity contribution is 6.02. The molecule has 0 unspecified atom stereocenters. The van der Waals surface area contributed by atoms with E-state index in [-0.39, 0.29) is 0 Å². The first-order valence-corrected chi connectivity index (χ1v) is 19.4. The SMILES string of the molecule is c1ccc(-c2cc3c(cc2-c2cc4c(cc2N(c2ccccc2)c2ccccc2)C2(c5ccccc5-c5ccccc52)c2ccccc2-4)CCCC3)cc1. The number of hydrogen-bond acceptors (Lipinski definition) is 1. The summed E-state index contributed by atoms with van der Waals surface area (Å²) >= 11 is 0. The van der Waals surface area contributed by atoms with Gasteiger partial charge in [0.2, 0.25) is 0 Å². The second-order valence-corrected chi connectivity index (χ2v) is 15.0. The van der Waals surface area contributed by atoms with Crippen LogP contribution in [0.4, 0.5) is 17.1 Å². The van der Waals surface area contributed by atoms with Gasteiger partial charge >= 0.3 is 0 Å². The molecular weight excluding hydrogens is 651 g/mol. The first-order chi connectivity index (χ1) is 26.8. The Morgan fingerprint density at radius 2 is 0.778 bits per heavy atom. The molecule has 8 aromatic carbocycles. The summed E-state index contributed by atoms with van der Waals surface area (Å²) in [4.78, 5) is 2.49. The standard InChI is InChI=1S/C53H39N/c1-4-18-36(19-5-1)44-32-37-20-10-11-21-38(37)33-45(44)47-34-46-43-28-14-17-31-50(43)53(48-29-15-12-26-41(48)42-27-13-16-30-49(42)53)51(46)35-52(47)54(39-22-6-2-7-23-39)40-24-8-3-9-25-40/h1-9,12-19,22-35H,10-11,20-21H2. The van der Waals surface area contributed by atoms with E-state index in [0.717, 1.165) is 24.2 Å². The molecule has 0 N–H and O–H groups in total. The van der Waals surface area contributed by atoms with Crippen molar-refractivity contribution in [3.63, 3.8) is 0 Å². The van der Waals surface area contributed by atoms with Crippen molar-refractivity contribution in [3.05, 3.63) is 221 Å². The van der Waals surface area contributed by atoms with Gasteiger partial charge in [-0.05, 0) is 134 Å². The third-order valence-corrected chi connectivity index (χ3v) is 12.2. The van der Waals surface area contributed by atoms with Crippen LogP contribution in [0.2, 0.25) is 0 Å². The number of para-hydroxylation sites is 2. The Hall–Kier alpha value is -6.44. The van der Waals surface area contributed by atoms with E-state index in [0.29, 0.717) is 0 Å². The minimum Gasteiger partial charge on any atom is -0.310 e. The Bertz CT molecular complexity index is 2620. The van der Waals surface area contributed by atoms with E-state index in [1.807, 2.05) is 0 Å². The Morgan fingerprint density at radius 1 is 0.333 bits per heavy atom. The molecule has 0 bridgehead atoms. The minimum atomic E-state index is -0.441. The Labute approximate surface area is 317 Å². The molecule has 0 aliphatic heterocycles. The molecule has 1 nitrogen and oxygen atoms in total. The molecule has 0 amide bonds. The van der Waals surface area contributed by atoms with Gasteiger partial charge in [0.15, 0.2) is 0 Å². The number of aryl methyl sites for hydroxylation is 2. The van der Waals surface area contributed by atoms with Gasteiger partial charge in [0, 0.05) is 16.9 Å². The summed E-state index contributed by atoms with van der Waals surface area (Å²) in [5, 5.41) is 0. The molecule has 0 radical (unpaired) electrons. The zero-order valence-electron chi connectivity index (χ0n) is 30.2. The number of nitrogens with zero attached hydrogens (tertiary/aromatic N) is 1. The first kappa shape index (κ1) is 31.1. The zero-order chi connectivity index (χ0) is 35.6. The second-order valence-electron chi connectivity index (χ2n) is 15.0. The first-order valence-electron chi connectivity index (χ1n) is 19.4. The molecule has 11 rings (SSSR count). The lowest BCUT2D eigenvalue weighted by atomic mass is 9.70. The molecule has 1 spiro atoms. The second kappa shape index (κ2) is 12.3. The van der Waals surface area contributed by atoms with Gasteiger partial charge in [-0.1, -0.05) is 152 Å². The van der Waals surface area contributed by atoms with E-state index in [4.69, 9.17) is 0 Å². The minimum absolute atomic E-state index is 0.441. The Kier molecular flexibility index (Phi) is 7.10. The van der Waals surface area contributed by atoms with E-state index >= 15 is 0 Å². The molecule has 0 atom stereocenters. The summed E-state index contributed by atoms with van der Waals surface area (Å²) in [5.74, 6) is 0. The van der Waals surface area contributed by atoms with Crippen LogP contribution in [-0.2, 0) is 18.3 Å². The summed E-state index contributed by atoms with van der Waals surface area (Å²) in [5.41, 5.74) is 21.8. The van der Waals surface area contributed by atoms with Crippen molar-refractivity contribution in [2.75, 3.05) is 4.90 Å². The predicted molar refractivity (Wildman–Crippen MR) is 225 cm³/mol. The molecule has 1 heteroatoms. The summed E-state index contributed by atoms with van der Waals surface area (Å²) in [7, 11) is 0. The zero-order valence-corrected chi connectivity index (χ0v) is 30.2. The summed E-state index contributed by atoms with van der Waals surface area (Å²) in [6, 6.07) is 70.5. The third-order valence-electron chi connectivity index (χ3n) is 12.2. The molecule has 54 heavy (non-hydrogen) atoms. The van der Waals surface area contributed by atoms with Crippen LogP contribution in [0.15, 0.2) is 188 Å². The third kappa shape index (κ3) is 4.51. The number of rotatable bonds is 5. The quantitative estimate of drug-likeness (QED) is 0.174. The monoisotopic (exact) mass is 689 g/mol. The van der Waals surface area contributed by atoms with Crippen LogP contribution >= 0.6 is 0 Å².